The van der Waals surface area contributed by atoms with E-state index in [1.165, 1.54) is 37.4 Å². The van der Waals surface area contributed by atoms with Gasteiger partial charge in [-0.25, -0.2) is 4.98 Å². The van der Waals surface area contributed by atoms with Crippen molar-refractivity contribution in [3.05, 3.63) is 158 Å². The van der Waals surface area contributed by atoms with E-state index in [9.17, 15) is 0 Å². The minimum absolute atomic E-state index is 1.04. The summed E-state index contributed by atoms with van der Waals surface area (Å²) in [6.07, 6.45) is 0. The summed E-state index contributed by atoms with van der Waals surface area (Å²) in [7, 11) is 0. The Labute approximate surface area is 248 Å². The summed E-state index contributed by atoms with van der Waals surface area (Å²) in [6, 6.07) is 56.0. The second-order valence-electron chi connectivity index (χ2n) is 10.4. The molecule has 0 radical (unpaired) electrons. The van der Waals surface area contributed by atoms with Crippen LogP contribution in [0.1, 0.15) is 0 Å². The Morgan fingerprint density at radius 2 is 0.952 bits per heavy atom. The van der Waals surface area contributed by atoms with Crippen LogP contribution in [0.2, 0.25) is 0 Å². The van der Waals surface area contributed by atoms with Gasteiger partial charge in [-0.05, 0) is 70.4 Å². The maximum atomic E-state index is 5.20. The number of para-hydroxylation sites is 1. The molecule has 0 fully saturated rings. The van der Waals surface area contributed by atoms with Crippen LogP contribution in [0, 0.1) is 0 Å². The summed E-state index contributed by atoms with van der Waals surface area (Å²) < 4.78 is 1.24. The number of rotatable bonds is 5. The van der Waals surface area contributed by atoms with Crippen LogP contribution >= 0.6 is 11.3 Å². The molecule has 0 amide bonds. The normalized spacial score (nSPS) is 11.3. The van der Waals surface area contributed by atoms with Crippen molar-refractivity contribution in [3.8, 4) is 21.7 Å². The predicted octanol–water partition coefficient (Wildman–Crippen LogP) is 11.4. The lowest BCUT2D eigenvalue weighted by Crippen LogP contribution is -2.09. The molecule has 0 aliphatic heterocycles. The fourth-order valence-corrected chi connectivity index (χ4v) is 7.01. The number of hydrogen-bond acceptors (Lipinski definition) is 3. The average Bonchev–Trinajstić information content (AvgIpc) is 3.53. The maximum Gasteiger partial charge on any atom is 0.124 e. The molecule has 8 aromatic rings. The van der Waals surface area contributed by atoms with Crippen LogP contribution in [-0.4, -0.2) is 4.98 Å². The van der Waals surface area contributed by atoms with Crippen LogP contribution in [0.5, 0.6) is 0 Å². The van der Waals surface area contributed by atoms with Gasteiger partial charge in [-0.15, -0.1) is 11.3 Å². The highest BCUT2D eigenvalue weighted by Crippen LogP contribution is 2.42. The van der Waals surface area contributed by atoms with E-state index in [1.54, 1.807) is 11.3 Å². The smallest absolute Gasteiger partial charge is 0.124 e. The van der Waals surface area contributed by atoms with Gasteiger partial charge >= 0.3 is 0 Å². The van der Waals surface area contributed by atoms with E-state index in [2.05, 4.69) is 163 Å². The molecule has 2 nitrogen and oxygen atoms in total. The molecular formula is C39H26N2S. The molecule has 0 unspecified atom stereocenters. The second kappa shape index (κ2) is 10.3. The summed E-state index contributed by atoms with van der Waals surface area (Å²) in [5, 5.41) is 6.04. The minimum atomic E-state index is 1.04. The Morgan fingerprint density at radius 3 is 1.69 bits per heavy atom. The van der Waals surface area contributed by atoms with Gasteiger partial charge in [0.05, 0.1) is 10.2 Å². The molecule has 0 atom stereocenters. The largest absolute Gasteiger partial charge is 0.310 e. The van der Waals surface area contributed by atoms with Crippen LogP contribution in [0.25, 0.3) is 53.5 Å². The average molecular weight is 555 g/mol. The van der Waals surface area contributed by atoms with Gasteiger partial charge in [0.25, 0.3) is 0 Å². The van der Waals surface area contributed by atoms with Gasteiger partial charge in [-0.2, -0.15) is 0 Å². The van der Waals surface area contributed by atoms with Crippen molar-refractivity contribution in [2.75, 3.05) is 4.90 Å². The Morgan fingerprint density at radius 1 is 0.405 bits per heavy atom. The standard InChI is InChI=1S/C39H26N2S/c1-3-12-27(13-4-1)29-14-11-17-32(26-29)41(30-15-5-2-6-16-30)31-24-22-28(23-25-31)39-40-37-35-20-9-7-18-33(35)34-19-8-10-21-36(34)38(37)42-39/h1-26H. The van der Waals surface area contributed by atoms with Gasteiger partial charge in [-0.1, -0.05) is 109 Å². The van der Waals surface area contributed by atoms with Crippen LogP contribution in [0.4, 0.5) is 17.1 Å². The van der Waals surface area contributed by atoms with Crippen molar-refractivity contribution in [1.82, 2.24) is 4.98 Å². The first-order valence-electron chi connectivity index (χ1n) is 14.1. The van der Waals surface area contributed by atoms with Gasteiger partial charge < -0.3 is 4.90 Å². The molecule has 7 aromatic carbocycles. The molecule has 8 rings (SSSR count). The Kier molecular flexibility index (Phi) is 6.02. The van der Waals surface area contributed by atoms with Crippen molar-refractivity contribution in [2.24, 2.45) is 0 Å². The molecule has 0 saturated carbocycles. The SMILES string of the molecule is c1ccc(-c2cccc(N(c3ccccc3)c3ccc(-c4nc5c6ccccc6c6ccccc6c5s4)cc3)c2)cc1. The van der Waals surface area contributed by atoms with Gasteiger partial charge in [0.1, 0.15) is 5.01 Å². The lowest BCUT2D eigenvalue weighted by Gasteiger charge is -2.26. The van der Waals surface area contributed by atoms with Crippen molar-refractivity contribution in [1.29, 1.82) is 0 Å². The number of thiazole rings is 1. The topological polar surface area (TPSA) is 16.1 Å². The zero-order valence-electron chi connectivity index (χ0n) is 22.8. The lowest BCUT2D eigenvalue weighted by molar-refractivity contribution is 1.28. The van der Waals surface area contributed by atoms with Crippen molar-refractivity contribution >= 4 is 60.2 Å². The molecule has 42 heavy (non-hydrogen) atoms. The number of benzene rings is 7. The molecule has 0 aliphatic rings. The molecule has 0 spiro atoms. The quantitative estimate of drug-likeness (QED) is 0.197. The van der Waals surface area contributed by atoms with Crippen molar-refractivity contribution in [3.63, 3.8) is 0 Å². The number of nitrogens with zero attached hydrogens (tertiary/aromatic N) is 2. The molecule has 0 saturated heterocycles. The van der Waals surface area contributed by atoms with Gasteiger partial charge in [-0.3, -0.25) is 0 Å². The van der Waals surface area contributed by atoms with Crippen LogP contribution in [0.15, 0.2) is 158 Å². The fourth-order valence-electron chi connectivity index (χ4n) is 5.88. The van der Waals surface area contributed by atoms with E-state index in [0.717, 1.165) is 33.1 Å². The van der Waals surface area contributed by atoms with E-state index in [-0.39, 0.29) is 0 Å². The van der Waals surface area contributed by atoms with Gasteiger partial charge in [0.15, 0.2) is 0 Å². The summed E-state index contributed by atoms with van der Waals surface area (Å²) in [5.41, 5.74) is 7.95. The molecule has 0 N–H and O–H groups in total. The third-order valence-corrected chi connectivity index (χ3v) is 9.01. The summed E-state index contributed by atoms with van der Waals surface area (Å²) in [4.78, 5) is 7.52. The fraction of sp³-hybridized carbons (Fsp3) is 0. The zero-order chi connectivity index (χ0) is 27.9. The highest BCUT2D eigenvalue weighted by Gasteiger charge is 2.16. The first-order valence-corrected chi connectivity index (χ1v) is 15.0. The van der Waals surface area contributed by atoms with Crippen molar-refractivity contribution in [2.45, 2.75) is 0 Å². The van der Waals surface area contributed by atoms with Crippen molar-refractivity contribution < 1.29 is 0 Å². The number of hydrogen-bond donors (Lipinski definition) is 0. The molecule has 0 bridgehead atoms. The Bertz CT molecular complexity index is 2110. The molecular weight excluding hydrogens is 529 g/mol. The molecule has 1 aromatic heterocycles. The molecule has 1 heterocycles. The van der Waals surface area contributed by atoms with E-state index in [4.69, 9.17) is 4.98 Å². The molecule has 3 heteroatoms. The zero-order valence-corrected chi connectivity index (χ0v) is 23.6. The molecule has 0 aliphatic carbocycles. The first kappa shape index (κ1) is 24.5. The van der Waals surface area contributed by atoms with E-state index in [1.807, 2.05) is 0 Å². The highest BCUT2D eigenvalue weighted by atomic mass is 32.1. The van der Waals surface area contributed by atoms with Crippen LogP contribution in [-0.2, 0) is 0 Å². The second-order valence-corrected chi connectivity index (χ2v) is 11.4. The lowest BCUT2D eigenvalue weighted by atomic mass is 10.0. The number of fused-ring (bicyclic) bond motifs is 6. The number of anilines is 3. The third kappa shape index (κ3) is 4.23. The highest BCUT2D eigenvalue weighted by molar-refractivity contribution is 7.22. The summed E-state index contributed by atoms with van der Waals surface area (Å²) in [6.45, 7) is 0. The summed E-state index contributed by atoms with van der Waals surface area (Å²) in [5.74, 6) is 0. The van der Waals surface area contributed by atoms with Gasteiger partial charge in [0.2, 0.25) is 0 Å². The van der Waals surface area contributed by atoms with E-state index < -0.39 is 0 Å². The monoisotopic (exact) mass is 554 g/mol. The van der Waals surface area contributed by atoms with Gasteiger partial charge in [0, 0.05) is 33.4 Å². The van der Waals surface area contributed by atoms with E-state index >= 15 is 0 Å². The Balaban J connectivity index is 1.23. The summed E-state index contributed by atoms with van der Waals surface area (Å²) >= 11 is 1.78. The number of aromatic nitrogens is 1. The molecule has 198 valence electrons. The Hall–Kier alpha value is -5.25. The maximum absolute atomic E-state index is 5.20. The van der Waals surface area contributed by atoms with Crippen LogP contribution < -0.4 is 4.90 Å². The van der Waals surface area contributed by atoms with E-state index in [0.29, 0.717) is 0 Å². The minimum Gasteiger partial charge on any atom is -0.310 e. The first-order chi connectivity index (χ1) is 20.8. The third-order valence-electron chi connectivity index (χ3n) is 7.87. The predicted molar refractivity (Wildman–Crippen MR) is 180 cm³/mol. The van der Waals surface area contributed by atoms with Crippen LogP contribution in [0.3, 0.4) is 0 Å².